The van der Waals surface area contributed by atoms with Gasteiger partial charge in [0.1, 0.15) is 0 Å². The highest BCUT2D eigenvalue weighted by Gasteiger charge is 1.75. The molecule has 0 amide bonds. The van der Waals surface area contributed by atoms with Gasteiger partial charge in [0.15, 0.2) is 0 Å². The Kier molecular flexibility index (Phi) is 9.36. The molecule has 15 heavy (non-hydrogen) atoms. The summed E-state index contributed by atoms with van der Waals surface area (Å²) in [6, 6.07) is 10.0. The molecule has 0 saturated heterocycles. The van der Waals surface area contributed by atoms with Crippen LogP contribution in [-0.2, 0) is 4.74 Å². The van der Waals surface area contributed by atoms with Gasteiger partial charge in [-0.3, -0.25) is 0 Å². The van der Waals surface area contributed by atoms with Crippen molar-refractivity contribution in [1.82, 2.24) is 0 Å². The summed E-state index contributed by atoms with van der Waals surface area (Å²) >= 11 is 0. The molecule has 0 bridgehead atoms. The highest BCUT2D eigenvalue weighted by atomic mass is 16.5. The summed E-state index contributed by atoms with van der Waals surface area (Å²) in [5, 5.41) is 0. The highest BCUT2D eigenvalue weighted by molar-refractivity contribution is 5.45. The van der Waals surface area contributed by atoms with Crippen LogP contribution in [0.3, 0.4) is 0 Å². The maximum atomic E-state index is 4.90. The summed E-state index contributed by atoms with van der Waals surface area (Å²) in [5.74, 6) is 0. The lowest BCUT2D eigenvalue weighted by Gasteiger charge is -1.89. The van der Waals surface area contributed by atoms with Crippen molar-refractivity contribution in [3.63, 3.8) is 0 Å². The molecule has 0 aromatic heterocycles. The average Bonchev–Trinajstić information content (AvgIpc) is 2.32. The van der Waals surface area contributed by atoms with Gasteiger partial charge in [-0.05, 0) is 5.56 Å². The second-order valence-electron chi connectivity index (χ2n) is 2.73. The van der Waals surface area contributed by atoms with E-state index in [1.54, 1.807) is 12.2 Å². The molecule has 0 saturated carbocycles. The smallest absolute Gasteiger partial charge is 0.0649 e. The lowest BCUT2D eigenvalue weighted by Crippen LogP contribution is -1.87. The lowest BCUT2D eigenvalue weighted by atomic mass is 10.2. The summed E-state index contributed by atoms with van der Waals surface area (Å²) in [7, 11) is 0. The molecule has 0 spiro atoms. The van der Waals surface area contributed by atoms with Gasteiger partial charge in [-0.1, -0.05) is 55.1 Å². The molecule has 0 unspecified atom stereocenters. The van der Waals surface area contributed by atoms with E-state index >= 15 is 0 Å². The molecule has 0 radical (unpaired) electrons. The van der Waals surface area contributed by atoms with Crippen molar-refractivity contribution >= 4 is 6.08 Å². The third-order valence-corrected chi connectivity index (χ3v) is 1.51. The largest absolute Gasteiger partial charge is 0.373 e. The fourth-order valence-corrected chi connectivity index (χ4v) is 0.824. The van der Waals surface area contributed by atoms with Gasteiger partial charge < -0.3 is 4.74 Å². The molecule has 0 aliphatic heterocycles. The summed E-state index contributed by atoms with van der Waals surface area (Å²) in [6.07, 6.45) is 5.26. The zero-order chi connectivity index (χ0) is 11.4. The highest BCUT2D eigenvalue weighted by Crippen LogP contribution is 1.97. The lowest BCUT2D eigenvalue weighted by molar-refractivity contribution is 0.194. The zero-order valence-electron chi connectivity index (χ0n) is 9.06. The van der Waals surface area contributed by atoms with Crippen molar-refractivity contribution in [2.75, 3.05) is 13.2 Å². The topological polar surface area (TPSA) is 9.23 Å². The maximum Gasteiger partial charge on any atom is 0.0649 e. The van der Waals surface area contributed by atoms with Crippen LogP contribution in [0.25, 0.3) is 6.08 Å². The van der Waals surface area contributed by atoms with Crippen LogP contribution >= 0.6 is 0 Å². The van der Waals surface area contributed by atoms with Crippen molar-refractivity contribution in [2.24, 2.45) is 0 Å². The maximum absolute atomic E-state index is 4.90. The first kappa shape index (κ1) is 13.4. The molecule has 1 heteroatoms. The summed E-state index contributed by atoms with van der Waals surface area (Å²) in [6.45, 7) is 11.8. The minimum atomic E-state index is 0.617. The van der Waals surface area contributed by atoms with E-state index in [-0.39, 0.29) is 0 Å². The van der Waals surface area contributed by atoms with E-state index in [1.165, 1.54) is 5.56 Å². The summed E-state index contributed by atoms with van der Waals surface area (Å²) in [5.41, 5.74) is 1.17. The van der Waals surface area contributed by atoms with Crippen LogP contribution in [0.5, 0.6) is 0 Å². The van der Waals surface area contributed by atoms with E-state index < -0.39 is 0 Å². The van der Waals surface area contributed by atoms with E-state index in [0.29, 0.717) is 13.2 Å². The van der Waals surface area contributed by atoms with Gasteiger partial charge in [0.05, 0.1) is 13.2 Å². The quantitative estimate of drug-likeness (QED) is 0.522. The minimum absolute atomic E-state index is 0.617. The van der Waals surface area contributed by atoms with Crippen LogP contribution in [-0.4, -0.2) is 13.2 Å². The molecular weight excluding hydrogens is 184 g/mol. The SMILES string of the molecule is C=CCOCC=C.C=Cc1ccccc1. The van der Waals surface area contributed by atoms with E-state index in [1.807, 2.05) is 36.4 Å². The Labute approximate surface area is 92.4 Å². The molecule has 80 valence electrons. The molecule has 0 N–H and O–H groups in total. The van der Waals surface area contributed by atoms with Crippen LogP contribution < -0.4 is 0 Å². The van der Waals surface area contributed by atoms with Crippen molar-refractivity contribution < 1.29 is 4.74 Å². The third kappa shape index (κ3) is 8.72. The first-order valence-corrected chi connectivity index (χ1v) is 4.82. The van der Waals surface area contributed by atoms with Gasteiger partial charge in [0.2, 0.25) is 0 Å². The predicted octanol–water partition coefficient (Wildman–Crippen LogP) is 3.70. The minimum Gasteiger partial charge on any atom is -0.373 e. The molecule has 0 aliphatic carbocycles. The zero-order valence-corrected chi connectivity index (χ0v) is 9.06. The summed E-state index contributed by atoms with van der Waals surface area (Å²) in [4.78, 5) is 0. The Morgan fingerprint density at radius 3 is 1.80 bits per heavy atom. The number of benzene rings is 1. The molecule has 0 fully saturated rings. The molecule has 1 nitrogen and oxygen atoms in total. The Bertz CT molecular complexity index is 267. The van der Waals surface area contributed by atoms with Crippen LogP contribution in [0.4, 0.5) is 0 Å². The van der Waals surface area contributed by atoms with Gasteiger partial charge in [-0.15, -0.1) is 13.2 Å². The van der Waals surface area contributed by atoms with Crippen molar-refractivity contribution in [2.45, 2.75) is 0 Å². The van der Waals surface area contributed by atoms with E-state index in [0.717, 1.165) is 0 Å². The van der Waals surface area contributed by atoms with Gasteiger partial charge in [0, 0.05) is 0 Å². The van der Waals surface area contributed by atoms with Crippen LogP contribution in [0, 0.1) is 0 Å². The normalized spacial score (nSPS) is 8.27. The molecule has 0 aliphatic rings. The standard InChI is InChI=1S/C8H8.C6H10O/c1-2-8-6-4-3-5-7-8;1-3-5-7-6-4-2/h2-7H,1H2;3-4H,1-2,5-6H2. The monoisotopic (exact) mass is 202 g/mol. The number of hydrogen-bond donors (Lipinski definition) is 0. The number of hydrogen-bond acceptors (Lipinski definition) is 1. The van der Waals surface area contributed by atoms with E-state index in [4.69, 9.17) is 4.74 Å². The van der Waals surface area contributed by atoms with Crippen molar-refractivity contribution in [3.8, 4) is 0 Å². The summed E-state index contributed by atoms with van der Waals surface area (Å²) < 4.78 is 4.90. The molecule has 0 heterocycles. The van der Waals surface area contributed by atoms with Crippen LogP contribution in [0.15, 0.2) is 62.2 Å². The Hall–Kier alpha value is -1.60. The first-order chi connectivity index (χ1) is 7.35. The fourth-order valence-electron chi connectivity index (χ4n) is 0.824. The van der Waals surface area contributed by atoms with Crippen LogP contribution in [0.2, 0.25) is 0 Å². The average molecular weight is 202 g/mol. The van der Waals surface area contributed by atoms with Crippen molar-refractivity contribution in [1.29, 1.82) is 0 Å². The van der Waals surface area contributed by atoms with E-state index in [2.05, 4.69) is 19.7 Å². The molecular formula is C14H18O. The first-order valence-electron chi connectivity index (χ1n) is 4.82. The fraction of sp³-hybridized carbons (Fsp3) is 0.143. The number of ether oxygens (including phenoxy) is 1. The van der Waals surface area contributed by atoms with Gasteiger partial charge in [-0.2, -0.15) is 0 Å². The second-order valence-corrected chi connectivity index (χ2v) is 2.73. The Morgan fingerprint density at radius 2 is 1.47 bits per heavy atom. The van der Waals surface area contributed by atoms with Gasteiger partial charge in [-0.25, -0.2) is 0 Å². The molecule has 1 aromatic carbocycles. The number of rotatable bonds is 5. The van der Waals surface area contributed by atoms with Gasteiger partial charge in [0.25, 0.3) is 0 Å². The molecule has 0 atom stereocenters. The van der Waals surface area contributed by atoms with Crippen LogP contribution in [0.1, 0.15) is 5.56 Å². The van der Waals surface area contributed by atoms with Crippen molar-refractivity contribution in [3.05, 3.63) is 67.8 Å². The second kappa shape index (κ2) is 10.5. The molecule has 1 aromatic rings. The molecule has 1 rings (SSSR count). The van der Waals surface area contributed by atoms with Gasteiger partial charge >= 0.3 is 0 Å². The van der Waals surface area contributed by atoms with E-state index in [9.17, 15) is 0 Å². The third-order valence-electron chi connectivity index (χ3n) is 1.51. The Balaban J connectivity index is 0.000000265. The Morgan fingerprint density at radius 1 is 0.933 bits per heavy atom. The predicted molar refractivity (Wildman–Crippen MR) is 67.7 cm³/mol.